The zero-order chi connectivity index (χ0) is 21.3. The van der Waals surface area contributed by atoms with E-state index in [1.165, 1.54) is 28.0 Å². The normalized spacial score (nSPS) is 20.4. The van der Waals surface area contributed by atoms with Crippen LogP contribution in [0.4, 0.5) is 4.39 Å². The highest BCUT2D eigenvalue weighted by atomic mass is 19.1. The third-order valence-electron chi connectivity index (χ3n) is 5.72. The zero-order valence-electron chi connectivity index (χ0n) is 16.2. The van der Waals surface area contributed by atoms with Crippen molar-refractivity contribution in [3.63, 3.8) is 0 Å². The first kappa shape index (κ1) is 20.0. The van der Waals surface area contributed by atoms with Gasteiger partial charge in [0.05, 0.1) is 12.2 Å². The molecule has 0 unspecified atom stereocenters. The summed E-state index contributed by atoms with van der Waals surface area (Å²) in [4.78, 5) is 40.5. The molecule has 2 fully saturated rings. The number of carboxylic acid groups (broad SMARTS) is 1. The van der Waals surface area contributed by atoms with Crippen LogP contribution in [0.25, 0.3) is 0 Å². The maximum Gasteiger partial charge on any atom is 0.328 e. The minimum atomic E-state index is -1.14. The Morgan fingerprint density at radius 1 is 0.967 bits per heavy atom. The fraction of sp³-hybridized carbons (Fsp3) is 0.318. The number of benzene rings is 2. The van der Waals surface area contributed by atoms with Gasteiger partial charge in [-0.05, 0) is 24.3 Å². The van der Waals surface area contributed by atoms with Gasteiger partial charge in [-0.25, -0.2) is 9.18 Å². The van der Waals surface area contributed by atoms with Crippen LogP contribution in [0.3, 0.4) is 0 Å². The van der Waals surface area contributed by atoms with Crippen molar-refractivity contribution in [3.8, 4) is 0 Å². The summed E-state index contributed by atoms with van der Waals surface area (Å²) in [6, 6.07) is 13.1. The summed E-state index contributed by atoms with van der Waals surface area (Å²) in [7, 11) is 0. The van der Waals surface area contributed by atoms with E-state index >= 15 is 0 Å². The standard InChI is InChI=1S/C22H21FN2O5/c23-17-9-5-4-8-16(17)20(27)24-12-10-22(11-13-24)25(18(14-30-22)21(28)29)19(26)15-6-2-1-3-7-15/h1-9,18H,10-14H2,(H,28,29)/t18-/m1/s1. The summed E-state index contributed by atoms with van der Waals surface area (Å²) < 4.78 is 19.9. The Kier molecular flexibility index (Phi) is 5.26. The van der Waals surface area contributed by atoms with Gasteiger partial charge in [-0.1, -0.05) is 30.3 Å². The Bertz CT molecular complexity index is 973. The molecular formula is C22H21FN2O5. The lowest BCUT2D eigenvalue weighted by Gasteiger charge is -2.44. The molecule has 2 aliphatic heterocycles. The Hall–Kier alpha value is -3.26. The summed E-state index contributed by atoms with van der Waals surface area (Å²) in [6.45, 7) is 0.325. The molecule has 2 aromatic rings. The fourth-order valence-electron chi connectivity index (χ4n) is 4.14. The molecular weight excluding hydrogens is 391 g/mol. The number of piperidine rings is 1. The van der Waals surface area contributed by atoms with Gasteiger partial charge < -0.3 is 14.7 Å². The number of carbonyl (C=O) groups is 3. The van der Waals surface area contributed by atoms with Crippen LogP contribution in [-0.4, -0.2) is 64.2 Å². The molecule has 156 valence electrons. The smallest absolute Gasteiger partial charge is 0.328 e. The van der Waals surface area contributed by atoms with Gasteiger partial charge in [0.15, 0.2) is 6.04 Å². The monoisotopic (exact) mass is 412 g/mol. The number of carboxylic acids is 1. The highest BCUT2D eigenvalue weighted by Crippen LogP contribution is 2.38. The average molecular weight is 412 g/mol. The lowest BCUT2D eigenvalue weighted by molar-refractivity contribution is -0.143. The van der Waals surface area contributed by atoms with Gasteiger partial charge in [0.2, 0.25) is 0 Å². The first-order valence-electron chi connectivity index (χ1n) is 9.72. The van der Waals surface area contributed by atoms with E-state index in [0.29, 0.717) is 5.56 Å². The van der Waals surface area contributed by atoms with Crippen LogP contribution in [0.1, 0.15) is 33.6 Å². The van der Waals surface area contributed by atoms with E-state index in [9.17, 15) is 23.9 Å². The molecule has 0 aromatic heterocycles. The van der Waals surface area contributed by atoms with Crippen LogP contribution in [0, 0.1) is 5.82 Å². The molecule has 30 heavy (non-hydrogen) atoms. The van der Waals surface area contributed by atoms with Crippen molar-refractivity contribution in [1.29, 1.82) is 0 Å². The van der Waals surface area contributed by atoms with Crippen LogP contribution in [0.2, 0.25) is 0 Å². The van der Waals surface area contributed by atoms with Crippen LogP contribution in [-0.2, 0) is 9.53 Å². The maximum atomic E-state index is 14.0. The van der Waals surface area contributed by atoms with Crippen molar-refractivity contribution in [2.45, 2.75) is 24.6 Å². The molecule has 1 spiro atoms. The molecule has 7 nitrogen and oxygen atoms in total. The largest absolute Gasteiger partial charge is 0.480 e. The quantitative estimate of drug-likeness (QED) is 0.837. The molecule has 4 rings (SSSR count). The van der Waals surface area contributed by atoms with E-state index in [-0.39, 0.29) is 38.1 Å². The van der Waals surface area contributed by atoms with E-state index < -0.39 is 35.4 Å². The summed E-state index contributed by atoms with van der Waals surface area (Å²) in [5, 5.41) is 9.63. The topological polar surface area (TPSA) is 87.2 Å². The van der Waals surface area contributed by atoms with Crippen molar-refractivity contribution in [1.82, 2.24) is 9.80 Å². The van der Waals surface area contributed by atoms with Crippen molar-refractivity contribution in [2.24, 2.45) is 0 Å². The SMILES string of the molecule is O=C(O)[C@H]1COC2(CCN(C(=O)c3ccccc3F)CC2)N1C(=O)c1ccccc1. The van der Waals surface area contributed by atoms with E-state index in [2.05, 4.69) is 0 Å². The number of nitrogens with zero attached hydrogens (tertiary/aromatic N) is 2. The van der Waals surface area contributed by atoms with Crippen LogP contribution < -0.4 is 0 Å². The number of ether oxygens (including phenoxy) is 1. The molecule has 2 amide bonds. The predicted octanol–water partition coefficient (Wildman–Crippen LogP) is 2.38. The molecule has 0 bridgehead atoms. The van der Waals surface area contributed by atoms with Gasteiger partial charge >= 0.3 is 5.97 Å². The second kappa shape index (κ2) is 7.87. The summed E-state index contributed by atoms with van der Waals surface area (Å²) in [5.74, 6) is -2.58. The molecule has 1 N–H and O–H groups in total. The second-order valence-corrected chi connectivity index (χ2v) is 7.42. The number of likely N-dealkylation sites (tertiary alicyclic amines) is 1. The Balaban J connectivity index is 1.56. The van der Waals surface area contributed by atoms with Gasteiger partial charge in [-0.2, -0.15) is 0 Å². The van der Waals surface area contributed by atoms with Gasteiger partial charge in [0.1, 0.15) is 11.5 Å². The van der Waals surface area contributed by atoms with Crippen LogP contribution in [0.15, 0.2) is 54.6 Å². The lowest BCUT2D eigenvalue weighted by atomic mass is 9.96. The Morgan fingerprint density at radius 2 is 1.60 bits per heavy atom. The number of hydrogen-bond donors (Lipinski definition) is 1. The van der Waals surface area contributed by atoms with Crippen LogP contribution in [0.5, 0.6) is 0 Å². The molecule has 1 atom stereocenters. The van der Waals surface area contributed by atoms with Gasteiger partial charge in [-0.3, -0.25) is 14.5 Å². The van der Waals surface area contributed by atoms with E-state index in [1.54, 1.807) is 36.4 Å². The predicted molar refractivity (Wildman–Crippen MR) is 104 cm³/mol. The van der Waals surface area contributed by atoms with Gasteiger partial charge in [0, 0.05) is 31.5 Å². The molecule has 0 saturated carbocycles. The molecule has 8 heteroatoms. The highest BCUT2D eigenvalue weighted by molar-refractivity contribution is 5.97. The van der Waals surface area contributed by atoms with Crippen LogP contribution >= 0.6 is 0 Å². The maximum absolute atomic E-state index is 14.0. The van der Waals surface area contributed by atoms with E-state index in [1.807, 2.05) is 0 Å². The Morgan fingerprint density at radius 3 is 2.23 bits per heavy atom. The fourth-order valence-corrected chi connectivity index (χ4v) is 4.14. The number of halogens is 1. The minimum absolute atomic E-state index is 0.0126. The van der Waals surface area contributed by atoms with Crippen molar-refractivity contribution in [2.75, 3.05) is 19.7 Å². The minimum Gasteiger partial charge on any atom is -0.480 e. The van der Waals surface area contributed by atoms with Gasteiger partial charge in [-0.15, -0.1) is 0 Å². The molecule has 2 aliphatic rings. The van der Waals surface area contributed by atoms with Crippen molar-refractivity contribution < 1.29 is 28.6 Å². The van der Waals surface area contributed by atoms with Gasteiger partial charge in [0.25, 0.3) is 11.8 Å². The number of aliphatic carboxylic acids is 1. The second-order valence-electron chi connectivity index (χ2n) is 7.42. The summed E-state index contributed by atoms with van der Waals surface area (Å²) >= 11 is 0. The zero-order valence-corrected chi connectivity index (χ0v) is 16.2. The average Bonchev–Trinajstić information content (AvgIpc) is 3.13. The van der Waals surface area contributed by atoms with E-state index in [0.717, 1.165) is 0 Å². The lowest BCUT2D eigenvalue weighted by Crippen LogP contribution is -2.58. The molecule has 0 aliphatic carbocycles. The Labute approximate surface area is 172 Å². The molecule has 0 radical (unpaired) electrons. The number of carbonyl (C=O) groups excluding carboxylic acids is 2. The number of hydrogen-bond acceptors (Lipinski definition) is 4. The molecule has 2 aromatic carbocycles. The van der Waals surface area contributed by atoms with Crippen molar-refractivity contribution >= 4 is 17.8 Å². The van der Waals surface area contributed by atoms with E-state index in [4.69, 9.17) is 4.74 Å². The first-order chi connectivity index (χ1) is 14.4. The first-order valence-corrected chi connectivity index (χ1v) is 9.72. The third-order valence-corrected chi connectivity index (χ3v) is 5.72. The highest BCUT2D eigenvalue weighted by Gasteiger charge is 2.54. The molecule has 2 saturated heterocycles. The third kappa shape index (κ3) is 3.43. The number of amides is 2. The summed E-state index contributed by atoms with van der Waals surface area (Å²) in [5.41, 5.74) is -0.748. The summed E-state index contributed by atoms with van der Waals surface area (Å²) in [6.07, 6.45) is 0.491. The molecule has 2 heterocycles. The number of rotatable bonds is 3. The van der Waals surface area contributed by atoms with Crippen molar-refractivity contribution in [3.05, 3.63) is 71.5 Å².